The van der Waals surface area contributed by atoms with E-state index in [0.29, 0.717) is 4.34 Å². The van der Waals surface area contributed by atoms with Gasteiger partial charge < -0.3 is 11.1 Å². The van der Waals surface area contributed by atoms with E-state index >= 15 is 0 Å². The van der Waals surface area contributed by atoms with Crippen molar-refractivity contribution in [1.82, 2.24) is 25.0 Å². The van der Waals surface area contributed by atoms with Crippen LogP contribution in [-0.2, 0) is 11.0 Å². The van der Waals surface area contributed by atoms with E-state index in [2.05, 4.69) is 25.6 Å². The molecule has 0 aliphatic heterocycles. The highest BCUT2D eigenvalue weighted by molar-refractivity contribution is 8.01. The van der Waals surface area contributed by atoms with Crippen LogP contribution in [0.4, 0.5) is 24.0 Å². The first-order valence-corrected chi connectivity index (χ1v) is 8.71. The van der Waals surface area contributed by atoms with Gasteiger partial charge in [-0.2, -0.15) is 18.3 Å². The number of amides is 1. The number of nitrogens with zero attached hydrogens (tertiary/aromatic N) is 5. The van der Waals surface area contributed by atoms with E-state index < -0.39 is 17.6 Å². The minimum atomic E-state index is -4.54. The van der Waals surface area contributed by atoms with Gasteiger partial charge in [-0.05, 0) is 18.2 Å². The number of rotatable bonds is 5. The number of aromatic nitrogens is 5. The van der Waals surface area contributed by atoms with E-state index in [-0.39, 0.29) is 22.3 Å². The van der Waals surface area contributed by atoms with Gasteiger partial charge in [0.2, 0.25) is 11.0 Å². The van der Waals surface area contributed by atoms with Crippen LogP contribution in [0.3, 0.4) is 0 Å². The SMILES string of the molecule is Nc1nnc(SCC(=O)Nc2cc(C(F)(F)F)ccc2-n2cncn2)s1. The highest BCUT2D eigenvalue weighted by Gasteiger charge is 2.31. The van der Waals surface area contributed by atoms with E-state index in [1.165, 1.54) is 23.4 Å². The van der Waals surface area contributed by atoms with Crippen LogP contribution in [0.1, 0.15) is 5.56 Å². The van der Waals surface area contributed by atoms with E-state index in [4.69, 9.17) is 5.73 Å². The second kappa shape index (κ2) is 7.29. The topological polar surface area (TPSA) is 112 Å². The van der Waals surface area contributed by atoms with Crippen LogP contribution in [0.2, 0.25) is 0 Å². The standard InChI is InChI=1S/C13H10F3N7OS2/c14-13(15,16)7-1-2-9(23-6-18-5-19-23)8(3-7)20-10(24)4-25-12-22-21-11(17)26-12/h1-3,5-6H,4H2,(H2,17,21)(H,20,24). The Morgan fingerprint density at radius 3 is 2.77 bits per heavy atom. The number of anilines is 2. The summed E-state index contributed by atoms with van der Waals surface area (Å²) in [4.78, 5) is 15.9. The molecule has 0 fully saturated rings. The van der Waals surface area contributed by atoms with Gasteiger partial charge in [0, 0.05) is 0 Å². The molecule has 0 aliphatic carbocycles. The van der Waals surface area contributed by atoms with Gasteiger partial charge in [0.25, 0.3) is 0 Å². The first kappa shape index (κ1) is 18.1. The molecule has 3 N–H and O–H groups in total. The predicted molar refractivity (Wildman–Crippen MR) is 90.0 cm³/mol. The molecule has 0 radical (unpaired) electrons. The Morgan fingerprint density at radius 2 is 2.15 bits per heavy atom. The maximum absolute atomic E-state index is 13.0. The Morgan fingerprint density at radius 1 is 1.35 bits per heavy atom. The van der Waals surface area contributed by atoms with E-state index in [1.54, 1.807) is 0 Å². The van der Waals surface area contributed by atoms with E-state index in [0.717, 1.165) is 35.2 Å². The molecular formula is C13H10F3N7OS2. The van der Waals surface area contributed by atoms with Crippen molar-refractivity contribution < 1.29 is 18.0 Å². The molecule has 2 heterocycles. The second-order valence-electron chi connectivity index (χ2n) is 4.81. The van der Waals surface area contributed by atoms with Crippen LogP contribution in [0.5, 0.6) is 0 Å². The molecule has 0 saturated heterocycles. The van der Waals surface area contributed by atoms with Gasteiger partial charge in [-0.25, -0.2) is 9.67 Å². The predicted octanol–water partition coefficient (Wildman–Crippen LogP) is 2.45. The van der Waals surface area contributed by atoms with Crippen molar-refractivity contribution >= 4 is 39.8 Å². The lowest BCUT2D eigenvalue weighted by Gasteiger charge is -2.14. The van der Waals surface area contributed by atoms with Crippen LogP contribution < -0.4 is 11.1 Å². The van der Waals surface area contributed by atoms with Crippen LogP contribution in [0, 0.1) is 0 Å². The molecule has 0 spiro atoms. The number of hydrogen-bond donors (Lipinski definition) is 2. The summed E-state index contributed by atoms with van der Waals surface area (Å²) in [7, 11) is 0. The molecular weight excluding hydrogens is 391 g/mol. The molecule has 1 amide bonds. The number of thioether (sulfide) groups is 1. The number of alkyl halides is 3. The van der Waals surface area contributed by atoms with E-state index in [9.17, 15) is 18.0 Å². The normalized spacial score (nSPS) is 11.5. The van der Waals surface area contributed by atoms with Gasteiger partial charge in [-0.15, -0.1) is 10.2 Å². The smallest absolute Gasteiger partial charge is 0.374 e. The molecule has 136 valence electrons. The zero-order valence-corrected chi connectivity index (χ0v) is 14.4. The summed E-state index contributed by atoms with van der Waals surface area (Å²) in [6.07, 6.45) is -1.99. The molecule has 3 rings (SSSR count). The van der Waals surface area contributed by atoms with Crippen molar-refractivity contribution in [3.05, 3.63) is 36.4 Å². The van der Waals surface area contributed by atoms with Gasteiger partial charge in [0.1, 0.15) is 12.7 Å². The number of nitrogens with two attached hydrogens (primary N) is 1. The fraction of sp³-hybridized carbons (Fsp3) is 0.154. The Balaban J connectivity index is 1.80. The van der Waals surface area contributed by atoms with E-state index in [1.807, 2.05) is 0 Å². The second-order valence-corrected chi connectivity index (χ2v) is 7.04. The minimum Gasteiger partial charge on any atom is -0.374 e. The monoisotopic (exact) mass is 401 g/mol. The van der Waals surface area contributed by atoms with Crippen LogP contribution in [0.25, 0.3) is 5.69 Å². The summed E-state index contributed by atoms with van der Waals surface area (Å²) >= 11 is 2.19. The quantitative estimate of drug-likeness (QED) is 0.632. The lowest BCUT2D eigenvalue weighted by atomic mass is 10.1. The third kappa shape index (κ3) is 4.29. The van der Waals surface area contributed by atoms with Gasteiger partial charge in [0.15, 0.2) is 4.34 Å². The summed E-state index contributed by atoms with van der Waals surface area (Å²) in [5.74, 6) is -0.578. The number of hydrogen-bond acceptors (Lipinski definition) is 8. The molecule has 3 aromatic rings. The molecule has 13 heteroatoms. The summed E-state index contributed by atoms with van der Waals surface area (Å²) < 4.78 is 40.7. The average molecular weight is 401 g/mol. The Bertz CT molecular complexity index is 911. The maximum Gasteiger partial charge on any atom is 0.416 e. The third-order valence-corrected chi connectivity index (χ3v) is 4.90. The number of nitrogen functional groups attached to an aromatic ring is 1. The molecule has 1 aromatic carbocycles. The first-order chi connectivity index (χ1) is 12.3. The summed E-state index contributed by atoms with van der Waals surface area (Å²) in [6.45, 7) is 0. The van der Waals surface area contributed by atoms with Crippen LogP contribution >= 0.6 is 23.1 Å². The first-order valence-electron chi connectivity index (χ1n) is 6.91. The lowest BCUT2D eigenvalue weighted by Crippen LogP contribution is -2.17. The number of halogens is 3. The zero-order valence-electron chi connectivity index (χ0n) is 12.8. The molecule has 0 bridgehead atoms. The number of benzene rings is 1. The number of nitrogens with one attached hydrogen (secondary N) is 1. The maximum atomic E-state index is 13.0. The van der Waals surface area contributed by atoms with Gasteiger partial charge >= 0.3 is 6.18 Å². The van der Waals surface area contributed by atoms with Gasteiger partial charge in [0.05, 0.1) is 22.7 Å². The summed E-state index contributed by atoms with van der Waals surface area (Å²) in [6, 6.07) is 2.97. The fourth-order valence-electron chi connectivity index (χ4n) is 1.94. The summed E-state index contributed by atoms with van der Waals surface area (Å²) in [5, 5.41) is 14.0. The molecule has 0 saturated carbocycles. The Labute approximate surface area is 152 Å². The lowest BCUT2D eigenvalue weighted by molar-refractivity contribution is -0.137. The van der Waals surface area contributed by atoms with Gasteiger partial charge in [-0.3, -0.25) is 4.79 Å². The summed E-state index contributed by atoms with van der Waals surface area (Å²) in [5.41, 5.74) is 4.78. The molecule has 0 atom stereocenters. The molecule has 0 aliphatic rings. The van der Waals surface area contributed by atoms with Crippen molar-refractivity contribution in [2.75, 3.05) is 16.8 Å². The Kier molecular flexibility index (Phi) is 5.08. The third-order valence-electron chi connectivity index (χ3n) is 3.01. The van der Waals surface area contributed by atoms with Crippen molar-refractivity contribution in [3.63, 3.8) is 0 Å². The van der Waals surface area contributed by atoms with Crippen molar-refractivity contribution in [2.45, 2.75) is 10.5 Å². The largest absolute Gasteiger partial charge is 0.416 e. The molecule has 8 nitrogen and oxygen atoms in total. The number of carbonyl (C=O) groups excluding carboxylic acids is 1. The fourth-order valence-corrected chi connectivity index (χ4v) is 3.37. The van der Waals surface area contributed by atoms with Crippen molar-refractivity contribution in [1.29, 1.82) is 0 Å². The van der Waals surface area contributed by atoms with Crippen molar-refractivity contribution in [3.8, 4) is 5.69 Å². The minimum absolute atomic E-state index is 0.0345. The molecule has 2 aromatic heterocycles. The van der Waals surface area contributed by atoms with Crippen LogP contribution in [0.15, 0.2) is 35.2 Å². The highest BCUT2D eigenvalue weighted by atomic mass is 32.2. The number of carbonyl (C=O) groups is 1. The van der Waals surface area contributed by atoms with Crippen LogP contribution in [-0.4, -0.2) is 36.6 Å². The molecule has 0 unspecified atom stereocenters. The zero-order chi connectivity index (χ0) is 18.7. The molecule has 26 heavy (non-hydrogen) atoms. The van der Waals surface area contributed by atoms with Crippen molar-refractivity contribution in [2.24, 2.45) is 0 Å². The Hall–Kier alpha value is -2.67. The highest BCUT2D eigenvalue weighted by Crippen LogP contribution is 2.33. The van der Waals surface area contributed by atoms with Gasteiger partial charge in [-0.1, -0.05) is 23.1 Å². The average Bonchev–Trinajstić information content (AvgIpc) is 3.24.